The number of furan rings is 1. The standard InChI is InChI=1S/C33H27NO/c1-21(2)26-15-14-24-16-17-34-32(29(24)18-26)27-19-28(23-10-6-4-7-11-23)31-22(3)33(35-30(31)20-27)25-12-8-5-9-13-25/h4-21H,1-3H3. The molecule has 0 spiro atoms. The zero-order chi connectivity index (χ0) is 23.9. The average molecular weight is 454 g/mol. The lowest BCUT2D eigenvalue weighted by Crippen LogP contribution is -1.91. The molecular weight excluding hydrogens is 426 g/mol. The molecule has 0 aliphatic carbocycles. The minimum atomic E-state index is 0.455. The molecule has 35 heavy (non-hydrogen) atoms. The molecule has 4 aromatic carbocycles. The number of aryl methyl sites for hydroxylation is 1. The molecular formula is C33H27NO. The smallest absolute Gasteiger partial charge is 0.138 e. The zero-order valence-corrected chi connectivity index (χ0v) is 20.2. The Morgan fingerprint density at radius 2 is 1.43 bits per heavy atom. The quantitative estimate of drug-likeness (QED) is 0.266. The molecule has 2 nitrogen and oxygen atoms in total. The highest BCUT2D eigenvalue weighted by Gasteiger charge is 2.19. The molecule has 2 heterocycles. The monoisotopic (exact) mass is 453 g/mol. The van der Waals surface area contributed by atoms with Crippen molar-refractivity contribution in [2.45, 2.75) is 26.7 Å². The van der Waals surface area contributed by atoms with Gasteiger partial charge in [-0.05, 0) is 59.2 Å². The van der Waals surface area contributed by atoms with E-state index in [-0.39, 0.29) is 0 Å². The van der Waals surface area contributed by atoms with E-state index in [0.717, 1.165) is 39.1 Å². The van der Waals surface area contributed by atoms with Crippen LogP contribution in [-0.2, 0) is 0 Å². The molecule has 0 aliphatic heterocycles. The maximum Gasteiger partial charge on any atom is 0.138 e. The molecule has 0 atom stereocenters. The van der Waals surface area contributed by atoms with Gasteiger partial charge in [0.25, 0.3) is 0 Å². The Morgan fingerprint density at radius 3 is 2.14 bits per heavy atom. The number of pyridine rings is 1. The van der Waals surface area contributed by atoms with Crippen LogP contribution >= 0.6 is 0 Å². The topological polar surface area (TPSA) is 26.0 Å². The zero-order valence-electron chi connectivity index (χ0n) is 20.2. The number of fused-ring (bicyclic) bond motifs is 2. The van der Waals surface area contributed by atoms with Crippen molar-refractivity contribution < 1.29 is 4.42 Å². The van der Waals surface area contributed by atoms with Crippen LogP contribution in [-0.4, -0.2) is 4.98 Å². The molecule has 0 amide bonds. The minimum absolute atomic E-state index is 0.455. The summed E-state index contributed by atoms with van der Waals surface area (Å²) >= 11 is 0. The highest BCUT2D eigenvalue weighted by atomic mass is 16.3. The van der Waals surface area contributed by atoms with Crippen molar-refractivity contribution in [3.8, 4) is 33.7 Å². The van der Waals surface area contributed by atoms with Crippen LogP contribution in [0.3, 0.4) is 0 Å². The van der Waals surface area contributed by atoms with Gasteiger partial charge in [0, 0.05) is 33.7 Å². The Labute approximate surface area is 205 Å². The molecule has 0 unspecified atom stereocenters. The second kappa shape index (κ2) is 8.56. The summed E-state index contributed by atoms with van der Waals surface area (Å²) in [6.07, 6.45) is 1.90. The first-order chi connectivity index (χ1) is 17.1. The third-order valence-corrected chi connectivity index (χ3v) is 6.88. The van der Waals surface area contributed by atoms with E-state index in [2.05, 4.69) is 112 Å². The van der Waals surface area contributed by atoms with Crippen LogP contribution in [0, 0.1) is 6.92 Å². The lowest BCUT2D eigenvalue weighted by Gasteiger charge is -2.12. The Hall–Kier alpha value is -4.17. The second-order valence-electron chi connectivity index (χ2n) is 9.48. The van der Waals surface area contributed by atoms with Gasteiger partial charge in [-0.15, -0.1) is 0 Å². The molecule has 2 heteroatoms. The summed E-state index contributed by atoms with van der Waals surface area (Å²) in [5.74, 6) is 1.37. The van der Waals surface area contributed by atoms with Gasteiger partial charge in [-0.1, -0.05) is 86.6 Å². The summed E-state index contributed by atoms with van der Waals surface area (Å²) in [7, 11) is 0. The molecule has 6 rings (SSSR count). The molecule has 0 N–H and O–H groups in total. The number of hydrogen-bond acceptors (Lipinski definition) is 2. The maximum absolute atomic E-state index is 6.56. The van der Waals surface area contributed by atoms with E-state index in [4.69, 9.17) is 9.40 Å². The highest BCUT2D eigenvalue weighted by molar-refractivity contribution is 6.04. The Bertz CT molecular complexity index is 1660. The van der Waals surface area contributed by atoms with Crippen LogP contribution in [0.15, 0.2) is 108 Å². The van der Waals surface area contributed by atoms with Crippen molar-refractivity contribution in [3.05, 3.63) is 114 Å². The Kier molecular flexibility index (Phi) is 5.22. The van der Waals surface area contributed by atoms with Crippen molar-refractivity contribution in [1.29, 1.82) is 0 Å². The Morgan fingerprint density at radius 1 is 0.714 bits per heavy atom. The van der Waals surface area contributed by atoms with Crippen LogP contribution in [0.4, 0.5) is 0 Å². The molecule has 0 saturated carbocycles. The van der Waals surface area contributed by atoms with Gasteiger partial charge < -0.3 is 4.42 Å². The highest BCUT2D eigenvalue weighted by Crippen LogP contribution is 2.42. The van der Waals surface area contributed by atoms with Crippen LogP contribution in [0.5, 0.6) is 0 Å². The maximum atomic E-state index is 6.56. The summed E-state index contributed by atoms with van der Waals surface area (Å²) in [6, 6.07) is 34.2. The normalized spacial score (nSPS) is 11.5. The summed E-state index contributed by atoms with van der Waals surface area (Å²) in [5.41, 5.74) is 8.84. The van der Waals surface area contributed by atoms with Crippen molar-refractivity contribution in [2.24, 2.45) is 0 Å². The average Bonchev–Trinajstić information content (AvgIpc) is 3.24. The molecule has 0 fully saturated rings. The predicted molar refractivity (Wildman–Crippen MR) is 147 cm³/mol. The molecule has 0 bridgehead atoms. The lowest BCUT2D eigenvalue weighted by atomic mass is 9.93. The minimum Gasteiger partial charge on any atom is -0.456 e. The lowest BCUT2D eigenvalue weighted by molar-refractivity contribution is 0.629. The summed E-state index contributed by atoms with van der Waals surface area (Å²) in [5, 5.41) is 3.52. The van der Waals surface area contributed by atoms with E-state index in [1.807, 2.05) is 12.3 Å². The van der Waals surface area contributed by atoms with E-state index in [9.17, 15) is 0 Å². The van der Waals surface area contributed by atoms with Crippen molar-refractivity contribution in [3.63, 3.8) is 0 Å². The fraction of sp³-hybridized carbons (Fsp3) is 0.121. The van der Waals surface area contributed by atoms with Crippen LogP contribution < -0.4 is 0 Å². The largest absolute Gasteiger partial charge is 0.456 e. The van der Waals surface area contributed by atoms with E-state index >= 15 is 0 Å². The first kappa shape index (κ1) is 21.4. The number of nitrogens with zero attached hydrogens (tertiary/aromatic N) is 1. The number of rotatable bonds is 4. The van der Waals surface area contributed by atoms with Gasteiger partial charge >= 0.3 is 0 Å². The molecule has 2 aromatic heterocycles. The van der Waals surface area contributed by atoms with Gasteiger partial charge in [-0.25, -0.2) is 0 Å². The summed E-state index contributed by atoms with van der Waals surface area (Å²) in [6.45, 7) is 6.62. The molecule has 0 saturated heterocycles. The van der Waals surface area contributed by atoms with Gasteiger partial charge in [0.15, 0.2) is 0 Å². The summed E-state index contributed by atoms with van der Waals surface area (Å²) in [4.78, 5) is 4.86. The SMILES string of the molecule is Cc1c(-c2ccccc2)oc2cc(-c3nccc4ccc(C(C)C)cc34)cc(-c3ccccc3)c12. The number of benzene rings is 4. The number of aromatic nitrogens is 1. The third-order valence-electron chi connectivity index (χ3n) is 6.88. The number of hydrogen-bond donors (Lipinski definition) is 0. The van der Waals surface area contributed by atoms with Crippen LogP contribution in [0.25, 0.3) is 55.4 Å². The van der Waals surface area contributed by atoms with E-state index in [0.29, 0.717) is 5.92 Å². The third kappa shape index (κ3) is 3.72. The molecule has 0 aliphatic rings. The van der Waals surface area contributed by atoms with E-state index in [1.54, 1.807) is 0 Å². The fourth-order valence-electron chi connectivity index (χ4n) is 5.00. The van der Waals surface area contributed by atoms with Gasteiger partial charge in [0.2, 0.25) is 0 Å². The van der Waals surface area contributed by atoms with Gasteiger partial charge in [0.05, 0.1) is 5.69 Å². The van der Waals surface area contributed by atoms with Crippen molar-refractivity contribution in [2.75, 3.05) is 0 Å². The first-order valence-corrected chi connectivity index (χ1v) is 12.2. The first-order valence-electron chi connectivity index (χ1n) is 12.2. The Balaban J connectivity index is 1.66. The predicted octanol–water partition coefficient (Wildman–Crippen LogP) is 9.41. The van der Waals surface area contributed by atoms with Gasteiger partial charge in [-0.2, -0.15) is 0 Å². The van der Waals surface area contributed by atoms with Crippen LogP contribution in [0.1, 0.15) is 30.9 Å². The molecule has 6 aromatic rings. The van der Waals surface area contributed by atoms with Crippen LogP contribution in [0.2, 0.25) is 0 Å². The van der Waals surface area contributed by atoms with E-state index in [1.165, 1.54) is 27.5 Å². The molecule has 0 radical (unpaired) electrons. The van der Waals surface area contributed by atoms with Crippen molar-refractivity contribution in [1.82, 2.24) is 4.98 Å². The van der Waals surface area contributed by atoms with Gasteiger partial charge in [0.1, 0.15) is 11.3 Å². The van der Waals surface area contributed by atoms with Gasteiger partial charge in [-0.3, -0.25) is 4.98 Å². The van der Waals surface area contributed by atoms with Crippen molar-refractivity contribution >= 4 is 21.7 Å². The molecule has 170 valence electrons. The van der Waals surface area contributed by atoms with E-state index < -0.39 is 0 Å². The fourth-order valence-corrected chi connectivity index (χ4v) is 5.00. The second-order valence-corrected chi connectivity index (χ2v) is 9.48. The summed E-state index contributed by atoms with van der Waals surface area (Å²) < 4.78 is 6.56.